The van der Waals surface area contributed by atoms with Crippen LogP contribution in [0.15, 0.2) is 12.2 Å². The lowest BCUT2D eigenvalue weighted by Gasteiger charge is -2.37. The van der Waals surface area contributed by atoms with Crippen LogP contribution in [0.4, 0.5) is 0 Å². The van der Waals surface area contributed by atoms with E-state index in [0.717, 1.165) is 123 Å². The summed E-state index contributed by atoms with van der Waals surface area (Å²) in [7, 11) is 0. The number of nitrogens with zero attached hydrogens (tertiary/aromatic N) is 5. The molecule has 0 radical (unpaired) electrons. The minimum absolute atomic E-state index is 0.345. The van der Waals surface area contributed by atoms with Crippen molar-refractivity contribution in [2.75, 3.05) is 98.2 Å². The van der Waals surface area contributed by atoms with Crippen LogP contribution in [0.25, 0.3) is 0 Å². The van der Waals surface area contributed by atoms with E-state index >= 15 is 0 Å². The van der Waals surface area contributed by atoms with Crippen molar-refractivity contribution in [3.05, 3.63) is 12.2 Å². The van der Waals surface area contributed by atoms with E-state index in [0.29, 0.717) is 39.1 Å². The van der Waals surface area contributed by atoms with E-state index in [9.17, 15) is 25.5 Å². The maximum absolute atomic E-state index is 11.5. The summed E-state index contributed by atoms with van der Waals surface area (Å²) in [5.74, 6) is 0. The van der Waals surface area contributed by atoms with Crippen LogP contribution in [0.1, 0.15) is 311 Å². The maximum atomic E-state index is 11.5. The van der Waals surface area contributed by atoms with Crippen LogP contribution >= 0.6 is 0 Å². The van der Waals surface area contributed by atoms with E-state index in [1.165, 1.54) is 212 Å². The summed E-state index contributed by atoms with van der Waals surface area (Å²) in [5.41, 5.74) is 0. The molecule has 0 amide bonds. The number of piperazine rings is 1. The molecule has 4 unspecified atom stereocenters. The van der Waals surface area contributed by atoms with Crippen molar-refractivity contribution in [1.82, 2.24) is 24.5 Å². The predicted octanol–water partition coefficient (Wildman–Crippen LogP) is 15.7. The molecule has 1 rings (SSSR count). The van der Waals surface area contributed by atoms with Gasteiger partial charge in [0.1, 0.15) is 0 Å². The van der Waals surface area contributed by atoms with Gasteiger partial charge in [-0.3, -0.25) is 24.5 Å². The lowest BCUT2D eigenvalue weighted by atomic mass is 10.0. The molecule has 1 fully saturated rings. The summed E-state index contributed by atoms with van der Waals surface area (Å²) in [6.07, 6.45) is 54.6. The monoisotopic (exact) mass is 1130 g/mol. The fourth-order valence-electron chi connectivity index (χ4n) is 12.1. The number of rotatable bonds is 63. The van der Waals surface area contributed by atoms with Gasteiger partial charge in [-0.2, -0.15) is 0 Å². The molecular formula is C70H143N5O5. The van der Waals surface area contributed by atoms with Gasteiger partial charge in [0.05, 0.1) is 30.5 Å². The molecule has 0 aromatic heterocycles. The SMILES string of the molecule is CCCCCCC/C=C/CC(O)CN(CCN(CCN1CCN(CCN(CC(O)CCCCCCCCCC)C[C@H](O)CCCCCCCCCC)CC1)CC(O)CCCCCCCCCC)CC(O)CCCCCCCCCC. The quantitative estimate of drug-likeness (QED) is 0.0298. The Bertz CT molecular complexity index is 1230. The Hall–Kier alpha value is -0.660. The van der Waals surface area contributed by atoms with E-state index in [4.69, 9.17) is 0 Å². The maximum Gasteiger partial charge on any atom is 0.0701 e. The highest BCUT2D eigenvalue weighted by Gasteiger charge is 2.23. The first kappa shape index (κ1) is 77.4. The first-order valence-electron chi connectivity index (χ1n) is 35.8. The van der Waals surface area contributed by atoms with E-state index in [-0.39, 0.29) is 18.3 Å². The van der Waals surface area contributed by atoms with Crippen molar-refractivity contribution in [2.45, 2.75) is 341 Å². The van der Waals surface area contributed by atoms with Gasteiger partial charge in [-0.25, -0.2) is 0 Å². The van der Waals surface area contributed by atoms with E-state index < -0.39 is 12.2 Å². The van der Waals surface area contributed by atoms with E-state index in [1.54, 1.807) is 0 Å². The standard InChI is InChI=1S/C70H143N5O5/c1-6-11-16-21-26-31-36-41-46-66(76)61-73(58-60-75(64-69(79)49-44-39-34-29-24-19-14-9-4)65-70(80)50-45-40-35-30-25-20-15-10-5)57-55-71-51-53-72(54-52-71)56-59-74(62-67(77)47-42-37-32-27-22-17-12-7-2)63-68(78)48-43-38-33-28-23-18-13-8-3/h39,44,66-70,76-80H,6-38,40-43,45-65H2,1-5H3/b44-39+/t66?,67-,68?,69?,70?/m1/s1. The predicted molar refractivity (Wildman–Crippen MR) is 348 cm³/mol. The van der Waals surface area contributed by atoms with Crippen LogP contribution in [-0.4, -0.2) is 179 Å². The number of aliphatic hydroxyl groups excluding tert-OH is 5. The number of allylic oxidation sites excluding steroid dienone is 1. The Morgan fingerprint density at radius 2 is 0.537 bits per heavy atom. The molecule has 10 nitrogen and oxygen atoms in total. The third-order valence-electron chi connectivity index (χ3n) is 17.6. The molecule has 1 heterocycles. The summed E-state index contributed by atoms with van der Waals surface area (Å²) >= 11 is 0. The molecule has 10 heteroatoms. The third-order valence-corrected chi connectivity index (χ3v) is 17.6. The van der Waals surface area contributed by atoms with E-state index in [1.807, 2.05) is 0 Å². The lowest BCUT2D eigenvalue weighted by Crippen LogP contribution is -2.51. The van der Waals surface area contributed by atoms with Crippen molar-refractivity contribution in [1.29, 1.82) is 0 Å². The van der Waals surface area contributed by atoms with Gasteiger partial charge in [0, 0.05) is 98.2 Å². The zero-order chi connectivity index (χ0) is 58.2. The van der Waals surface area contributed by atoms with Crippen LogP contribution < -0.4 is 0 Å². The van der Waals surface area contributed by atoms with Crippen molar-refractivity contribution in [3.63, 3.8) is 0 Å². The largest absolute Gasteiger partial charge is 0.392 e. The Morgan fingerprint density at radius 3 is 0.875 bits per heavy atom. The molecule has 0 spiro atoms. The number of unbranched alkanes of at least 4 members (excludes halogenated alkanes) is 33. The third kappa shape index (κ3) is 50.6. The Kier molecular flexibility index (Phi) is 56.8. The molecule has 0 saturated carbocycles. The van der Waals surface area contributed by atoms with Crippen LogP contribution in [-0.2, 0) is 0 Å². The summed E-state index contributed by atoms with van der Waals surface area (Å²) < 4.78 is 0. The molecular weight excluding hydrogens is 991 g/mol. The highest BCUT2D eigenvalue weighted by atomic mass is 16.3. The Balaban J connectivity index is 2.96. The molecule has 0 aromatic rings. The average molecular weight is 1130 g/mol. The molecule has 5 atom stereocenters. The van der Waals surface area contributed by atoms with Gasteiger partial charge >= 0.3 is 0 Å². The van der Waals surface area contributed by atoms with Gasteiger partial charge in [0.25, 0.3) is 0 Å². The summed E-state index contributed by atoms with van der Waals surface area (Å²) in [4.78, 5) is 12.4. The fourth-order valence-corrected chi connectivity index (χ4v) is 12.1. The van der Waals surface area contributed by atoms with Crippen molar-refractivity contribution >= 4 is 0 Å². The first-order valence-corrected chi connectivity index (χ1v) is 35.8. The van der Waals surface area contributed by atoms with Crippen molar-refractivity contribution in [2.24, 2.45) is 0 Å². The molecule has 5 N–H and O–H groups in total. The normalized spacial score (nSPS) is 15.8. The second-order valence-corrected chi connectivity index (χ2v) is 25.7. The Morgan fingerprint density at radius 1 is 0.287 bits per heavy atom. The first-order chi connectivity index (χ1) is 39.1. The highest BCUT2D eigenvalue weighted by Crippen LogP contribution is 2.18. The molecule has 80 heavy (non-hydrogen) atoms. The Labute approximate surface area is 499 Å². The molecule has 0 aliphatic carbocycles. The number of hydrogen-bond donors (Lipinski definition) is 5. The molecule has 1 aliphatic rings. The number of hydrogen-bond acceptors (Lipinski definition) is 10. The average Bonchev–Trinajstić information content (AvgIpc) is 3.45. The van der Waals surface area contributed by atoms with E-state index in [2.05, 4.69) is 71.3 Å². The van der Waals surface area contributed by atoms with Gasteiger partial charge in [-0.15, -0.1) is 0 Å². The fraction of sp³-hybridized carbons (Fsp3) is 0.971. The lowest BCUT2D eigenvalue weighted by molar-refractivity contribution is 0.0436. The second-order valence-electron chi connectivity index (χ2n) is 25.7. The zero-order valence-electron chi connectivity index (χ0n) is 54.5. The topological polar surface area (TPSA) is 117 Å². The summed E-state index contributed by atoms with van der Waals surface area (Å²) in [5, 5.41) is 56.9. The molecule has 478 valence electrons. The van der Waals surface area contributed by atoms with Crippen molar-refractivity contribution < 1.29 is 25.5 Å². The van der Waals surface area contributed by atoms with Gasteiger partial charge in [-0.05, 0) is 44.9 Å². The van der Waals surface area contributed by atoms with Crippen molar-refractivity contribution in [3.8, 4) is 0 Å². The number of aliphatic hydroxyl groups is 5. The molecule has 0 bridgehead atoms. The summed E-state index contributed by atoms with van der Waals surface area (Å²) in [6.45, 7) is 23.8. The molecule has 1 saturated heterocycles. The minimum Gasteiger partial charge on any atom is -0.392 e. The minimum atomic E-state index is -0.472. The zero-order valence-corrected chi connectivity index (χ0v) is 54.5. The summed E-state index contributed by atoms with van der Waals surface area (Å²) in [6, 6.07) is 0. The highest BCUT2D eigenvalue weighted by molar-refractivity contribution is 4.86. The van der Waals surface area contributed by atoms with Gasteiger partial charge in [0.2, 0.25) is 0 Å². The van der Waals surface area contributed by atoms with Crippen LogP contribution in [0.3, 0.4) is 0 Å². The van der Waals surface area contributed by atoms with Crippen LogP contribution in [0, 0.1) is 0 Å². The van der Waals surface area contributed by atoms with Crippen LogP contribution in [0.2, 0.25) is 0 Å². The molecule has 1 aliphatic heterocycles. The van der Waals surface area contributed by atoms with Gasteiger partial charge in [0.15, 0.2) is 0 Å². The van der Waals surface area contributed by atoms with Gasteiger partial charge < -0.3 is 25.5 Å². The second kappa shape index (κ2) is 58.7. The molecule has 0 aromatic carbocycles. The smallest absolute Gasteiger partial charge is 0.0701 e. The van der Waals surface area contributed by atoms with Crippen LogP contribution in [0.5, 0.6) is 0 Å². The van der Waals surface area contributed by atoms with Gasteiger partial charge in [-0.1, -0.05) is 278 Å².